The molecule has 0 amide bonds. The van der Waals surface area contributed by atoms with Crippen molar-refractivity contribution < 1.29 is 4.74 Å². The van der Waals surface area contributed by atoms with Crippen LogP contribution in [0.1, 0.15) is 36.1 Å². The summed E-state index contributed by atoms with van der Waals surface area (Å²) < 4.78 is 5.82. The highest BCUT2D eigenvalue weighted by molar-refractivity contribution is 6.31. The van der Waals surface area contributed by atoms with E-state index in [-0.39, 0.29) is 6.04 Å². The second-order valence-electron chi connectivity index (χ2n) is 4.99. The number of para-hydroxylation sites is 1. The topological polar surface area (TPSA) is 47.3 Å². The molecule has 1 unspecified atom stereocenters. The van der Waals surface area contributed by atoms with E-state index in [9.17, 15) is 0 Å². The number of nitrogens with two attached hydrogens (primary N) is 1. The summed E-state index contributed by atoms with van der Waals surface area (Å²) in [5.74, 6) is 6.62. The molecule has 0 saturated heterocycles. The third-order valence-corrected chi connectivity index (χ3v) is 3.79. The van der Waals surface area contributed by atoms with Crippen LogP contribution in [0.4, 0.5) is 0 Å². The van der Waals surface area contributed by atoms with Crippen LogP contribution in [0.5, 0.6) is 5.75 Å². The second kappa shape index (κ2) is 7.46. The number of aryl methyl sites for hydroxylation is 1. The van der Waals surface area contributed by atoms with Gasteiger partial charge >= 0.3 is 0 Å². The number of rotatable bonds is 6. The summed E-state index contributed by atoms with van der Waals surface area (Å²) in [7, 11) is 0. The van der Waals surface area contributed by atoms with E-state index in [1.165, 1.54) is 0 Å². The van der Waals surface area contributed by atoms with Crippen molar-refractivity contribution in [2.45, 2.75) is 26.3 Å². The minimum absolute atomic E-state index is 0.156. The first-order valence-electron chi connectivity index (χ1n) is 7.11. The van der Waals surface area contributed by atoms with E-state index < -0.39 is 0 Å². The summed E-state index contributed by atoms with van der Waals surface area (Å²) in [6, 6.07) is 13.7. The van der Waals surface area contributed by atoms with Crippen molar-refractivity contribution in [3.05, 3.63) is 64.2 Å². The number of nitrogens with one attached hydrogen (secondary N) is 1. The Morgan fingerprint density at radius 1 is 1.24 bits per heavy atom. The summed E-state index contributed by atoms with van der Waals surface area (Å²) in [5, 5.41) is 0.736. The standard InChI is InChI=1S/C17H21ClN2O/c1-3-10-21-16-7-5-4-6-14(16)17(20-19)13-9-8-12(2)15(18)11-13/h4-9,11,17,20H,3,10,19H2,1-2H3. The third-order valence-electron chi connectivity index (χ3n) is 3.39. The number of hydrazine groups is 1. The zero-order valence-electron chi connectivity index (χ0n) is 12.4. The molecule has 2 aromatic rings. The molecule has 3 N–H and O–H groups in total. The molecule has 0 aliphatic rings. The molecule has 0 saturated carbocycles. The van der Waals surface area contributed by atoms with Crippen LogP contribution in [-0.2, 0) is 0 Å². The van der Waals surface area contributed by atoms with E-state index in [1.54, 1.807) is 0 Å². The summed E-state index contributed by atoms with van der Waals surface area (Å²) in [6.07, 6.45) is 0.964. The second-order valence-corrected chi connectivity index (χ2v) is 5.40. The van der Waals surface area contributed by atoms with E-state index >= 15 is 0 Å². The lowest BCUT2D eigenvalue weighted by atomic mass is 9.97. The van der Waals surface area contributed by atoms with Gasteiger partial charge in [-0.05, 0) is 36.6 Å². The maximum Gasteiger partial charge on any atom is 0.124 e. The van der Waals surface area contributed by atoms with Crippen LogP contribution in [0.25, 0.3) is 0 Å². The van der Waals surface area contributed by atoms with Gasteiger partial charge in [0.2, 0.25) is 0 Å². The number of ether oxygens (including phenoxy) is 1. The van der Waals surface area contributed by atoms with E-state index in [1.807, 2.05) is 49.4 Å². The van der Waals surface area contributed by atoms with Crippen LogP contribution in [0.3, 0.4) is 0 Å². The largest absolute Gasteiger partial charge is 0.493 e. The van der Waals surface area contributed by atoms with Gasteiger partial charge < -0.3 is 4.74 Å². The predicted molar refractivity (Wildman–Crippen MR) is 87.6 cm³/mol. The van der Waals surface area contributed by atoms with Crippen molar-refractivity contribution in [3.63, 3.8) is 0 Å². The fourth-order valence-corrected chi connectivity index (χ4v) is 2.41. The van der Waals surface area contributed by atoms with Gasteiger partial charge in [-0.2, -0.15) is 0 Å². The number of hydrogen-bond acceptors (Lipinski definition) is 3. The average molecular weight is 305 g/mol. The molecule has 0 aliphatic heterocycles. The first-order valence-corrected chi connectivity index (χ1v) is 7.49. The lowest BCUT2D eigenvalue weighted by Crippen LogP contribution is -2.29. The Labute approximate surface area is 131 Å². The molecule has 112 valence electrons. The van der Waals surface area contributed by atoms with Crippen LogP contribution in [0, 0.1) is 6.92 Å². The fourth-order valence-electron chi connectivity index (χ4n) is 2.22. The van der Waals surface area contributed by atoms with E-state index in [0.29, 0.717) is 6.61 Å². The molecule has 0 radical (unpaired) electrons. The molecule has 2 aromatic carbocycles. The van der Waals surface area contributed by atoms with Gasteiger partial charge in [-0.15, -0.1) is 0 Å². The zero-order valence-corrected chi connectivity index (χ0v) is 13.2. The highest BCUT2D eigenvalue weighted by atomic mass is 35.5. The summed E-state index contributed by atoms with van der Waals surface area (Å²) >= 11 is 6.23. The lowest BCUT2D eigenvalue weighted by Gasteiger charge is -2.21. The molecule has 0 spiro atoms. The highest BCUT2D eigenvalue weighted by Gasteiger charge is 2.17. The summed E-state index contributed by atoms with van der Waals surface area (Å²) in [4.78, 5) is 0. The molecular weight excluding hydrogens is 284 g/mol. The Morgan fingerprint density at radius 2 is 2.00 bits per heavy atom. The Kier molecular flexibility index (Phi) is 5.62. The van der Waals surface area contributed by atoms with Crippen molar-refractivity contribution in [2.75, 3.05) is 6.61 Å². The molecule has 0 heterocycles. The van der Waals surface area contributed by atoms with Gasteiger partial charge in [0.25, 0.3) is 0 Å². The zero-order chi connectivity index (χ0) is 15.2. The lowest BCUT2D eigenvalue weighted by molar-refractivity contribution is 0.311. The van der Waals surface area contributed by atoms with Crippen LogP contribution in [-0.4, -0.2) is 6.61 Å². The Hall–Kier alpha value is -1.55. The van der Waals surface area contributed by atoms with Gasteiger partial charge in [0, 0.05) is 10.6 Å². The molecule has 0 bridgehead atoms. The number of hydrogen-bond donors (Lipinski definition) is 2. The van der Waals surface area contributed by atoms with E-state index in [4.69, 9.17) is 22.2 Å². The number of benzene rings is 2. The van der Waals surface area contributed by atoms with Gasteiger partial charge in [-0.1, -0.05) is 48.9 Å². The number of halogens is 1. The van der Waals surface area contributed by atoms with Gasteiger partial charge in [-0.3, -0.25) is 5.84 Å². The quantitative estimate of drug-likeness (QED) is 0.626. The molecule has 4 heteroatoms. The van der Waals surface area contributed by atoms with Crippen molar-refractivity contribution in [2.24, 2.45) is 5.84 Å². The first-order chi connectivity index (χ1) is 10.2. The van der Waals surface area contributed by atoms with Gasteiger partial charge in [-0.25, -0.2) is 5.43 Å². The van der Waals surface area contributed by atoms with Crippen LogP contribution >= 0.6 is 11.6 Å². The van der Waals surface area contributed by atoms with Crippen molar-refractivity contribution in [1.82, 2.24) is 5.43 Å². The average Bonchev–Trinajstić information content (AvgIpc) is 2.50. The van der Waals surface area contributed by atoms with Crippen LogP contribution in [0.15, 0.2) is 42.5 Å². The normalized spacial score (nSPS) is 12.2. The minimum Gasteiger partial charge on any atom is -0.493 e. The molecule has 3 nitrogen and oxygen atoms in total. The monoisotopic (exact) mass is 304 g/mol. The van der Waals surface area contributed by atoms with Crippen molar-refractivity contribution in [1.29, 1.82) is 0 Å². The molecule has 0 fully saturated rings. The highest BCUT2D eigenvalue weighted by Crippen LogP contribution is 2.31. The minimum atomic E-state index is -0.156. The van der Waals surface area contributed by atoms with Crippen LogP contribution in [0.2, 0.25) is 5.02 Å². The maximum absolute atomic E-state index is 6.23. The van der Waals surface area contributed by atoms with Crippen molar-refractivity contribution >= 4 is 11.6 Å². The van der Waals surface area contributed by atoms with Crippen LogP contribution < -0.4 is 16.0 Å². The maximum atomic E-state index is 6.23. The van der Waals surface area contributed by atoms with Crippen molar-refractivity contribution in [3.8, 4) is 5.75 Å². The van der Waals surface area contributed by atoms with Gasteiger partial charge in [0.15, 0.2) is 0 Å². The predicted octanol–water partition coefficient (Wildman–Crippen LogP) is 3.99. The van der Waals surface area contributed by atoms with Gasteiger partial charge in [0.1, 0.15) is 5.75 Å². The van der Waals surface area contributed by atoms with E-state index in [0.717, 1.165) is 33.9 Å². The molecule has 21 heavy (non-hydrogen) atoms. The molecule has 0 aliphatic carbocycles. The Morgan fingerprint density at radius 3 is 2.67 bits per heavy atom. The Bertz CT molecular complexity index is 601. The Balaban J connectivity index is 2.38. The first kappa shape index (κ1) is 15.8. The van der Waals surface area contributed by atoms with Gasteiger partial charge in [0.05, 0.1) is 12.6 Å². The summed E-state index contributed by atoms with van der Waals surface area (Å²) in [5.41, 5.74) is 5.93. The third kappa shape index (κ3) is 3.76. The fraction of sp³-hybridized carbons (Fsp3) is 0.294. The molecular formula is C17H21ClN2O. The molecule has 1 atom stereocenters. The van der Waals surface area contributed by atoms with E-state index in [2.05, 4.69) is 12.3 Å². The molecule has 2 rings (SSSR count). The SMILES string of the molecule is CCCOc1ccccc1C(NN)c1ccc(C)c(Cl)c1. The summed E-state index contributed by atoms with van der Waals surface area (Å²) in [6.45, 7) is 4.75. The molecule has 0 aromatic heterocycles. The smallest absolute Gasteiger partial charge is 0.124 e.